The van der Waals surface area contributed by atoms with E-state index in [4.69, 9.17) is 39.5 Å². The zero-order chi connectivity index (χ0) is 19.8. The summed E-state index contributed by atoms with van der Waals surface area (Å²) < 4.78 is 5.52. The number of nitrogens with zero attached hydrogens (tertiary/aromatic N) is 1. The average Bonchev–Trinajstić information content (AvgIpc) is 2.69. The van der Waals surface area contributed by atoms with Crippen LogP contribution in [0.1, 0.15) is 5.56 Å². The first-order valence-corrected chi connectivity index (χ1v) is 9.75. The molecule has 1 atom stereocenters. The third-order valence-corrected chi connectivity index (χ3v) is 5.68. The van der Waals surface area contributed by atoms with Crippen LogP contribution in [0.4, 0.5) is 11.4 Å². The fourth-order valence-electron chi connectivity index (χ4n) is 3.45. The topological polar surface area (TPSA) is 44.7 Å². The lowest BCUT2D eigenvalue weighted by Gasteiger charge is -2.38. The molecule has 7 heteroatoms. The molecule has 0 aromatic heterocycles. The van der Waals surface area contributed by atoms with E-state index in [9.17, 15) is 5.11 Å². The van der Waals surface area contributed by atoms with Gasteiger partial charge in [0.1, 0.15) is 5.75 Å². The van der Waals surface area contributed by atoms with Crippen molar-refractivity contribution in [3.63, 3.8) is 0 Å². The van der Waals surface area contributed by atoms with Crippen molar-refractivity contribution >= 4 is 46.2 Å². The highest BCUT2D eigenvalue weighted by Gasteiger charge is 2.31. The fraction of sp³-hybridized carbons (Fsp3) is 0.143. The van der Waals surface area contributed by atoms with E-state index >= 15 is 0 Å². The minimum atomic E-state index is -1.00. The lowest BCUT2D eigenvalue weighted by atomic mass is 9.95. The summed E-state index contributed by atoms with van der Waals surface area (Å²) in [5.41, 5.74) is 4.01. The van der Waals surface area contributed by atoms with Crippen LogP contribution >= 0.6 is 34.8 Å². The number of halogens is 3. The van der Waals surface area contributed by atoms with E-state index < -0.39 is 6.35 Å². The highest BCUT2D eigenvalue weighted by Crippen LogP contribution is 2.46. The van der Waals surface area contributed by atoms with E-state index in [0.717, 1.165) is 22.4 Å². The van der Waals surface area contributed by atoms with E-state index in [0.29, 0.717) is 33.0 Å². The zero-order valence-corrected chi connectivity index (χ0v) is 17.2. The van der Waals surface area contributed by atoms with Crippen LogP contribution in [-0.2, 0) is 6.54 Å². The molecule has 1 unspecified atom stereocenters. The molecular formula is C21H17Cl3N2O2. The molecule has 0 saturated carbocycles. The molecule has 144 valence electrons. The van der Waals surface area contributed by atoms with Gasteiger partial charge in [-0.05, 0) is 35.4 Å². The first-order valence-electron chi connectivity index (χ1n) is 8.61. The summed E-state index contributed by atoms with van der Waals surface area (Å²) in [5.74, 6) is 0.635. The van der Waals surface area contributed by atoms with Crippen molar-refractivity contribution in [1.29, 1.82) is 0 Å². The van der Waals surface area contributed by atoms with Crippen LogP contribution < -0.4 is 15.0 Å². The van der Waals surface area contributed by atoms with Gasteiger partial charge in [0.05, 0.1) is 28.5 Å². The van der Waals surface area contributed by atoms with Crippen LogP contribution in [0.5, 0.6) is 5.75 Å². The Labute approximate surface area is 178 Å². The SMILES string of the molecule is COc1cc(-c2ccccc2Cl)c2c(c1)N(c1c(Cl)cccc1Cl)C(O)NC2. The van der Waals surface area contributed by atoms with E-state index in [1.807, 2.05) is 36.4 Å². The van der Waals surface area contributed by atoms with Gasteiger partial charge in [-0.3, -0.25) is 10.2 Å². The number of anilines is 2. The Bertz CT molecular complexity index is 1020. The summed E-state index contributed by atoms with van der Waals surface area (Å²) in [4.78, 5) is 1.67. The standard InChI is InChI=1S/C21H17Cl3N2O2/c1-28-12-9-14(13-5-2-3-6-16(13)22)15-11-25-21(27)26(19(15)10-12)20-17(23)7-4-8-18(20)24/h2-10,21,25,27H,11H2,1H3. The molecular weight excluding hydrogens is 419 g/mol. The predicted octanol–water partition coefficient (Wildman–Crippen LogP) is 5.84. The van der Waals surface area contributed by atoms with E-state index in [-0.39, 0.29) is 0 Å². The van der Waals surface area contributed by atoms with Gasteiger partial charge < -0.3 is 9.84 Å². The van der Waals surface area contributed by atoms with Gasteiger partial charge in [0.2, 0.25) is 0 Å². The van der Waals surface area contributed by atoms with Crippen LogP contribution in [0.3, 0.4) is 0 Å². The van der Waals surface area contributed by atoms with Crippen LogP contribution in [0.2, 0.25) is 15.1 Å². The summed E-state index contributed by atoms with van der Waals surface area (Å²) in [6, 6.07) is 16.6. The van der Waals surface area contributed by atoms with Crippen molar-refractivity contribution in [2.45, 2.75) is 12.9 Å². The van der Waals surface area contributed by atoms with Crippen molar-refractivity contribution in [3.8, 4) is 16.9 Å². The maximum absolute atomic E-state index is 10.7. The maximum atomic E-state index is 10.7. The second-order valence-corrected chi connectivity index (χ2v) is 7.57. The number of nitrogens with one attached hydrogen (secondary N) is 1. The van der Waals surface area contributed by atoms with Gasteiger partial charge in [-0.25, -0.2) is 0 Å². The molecule has 0 aliphatic carbocycles. The highest BCUT2D eigenvalue weighted by molar-refractivity contribution is 6.39. The third kappa shape index (κ3) is 3.32. The second kappa shape index (κ2) is 7.82. The molecule has 0 saturated heterocycles. The van der Waals surface area contributed by atoms with Crippen molar-refractivity contribution in [2.75, 3.05) is 12.0 Å². The first kappa shape index (κ1) is 19.4. The summed E-state index contributed by atoms with van der Waals surface area (Å²) >= 11 is 19.3. The van der Waals surface area contributed by atoms with Crippen LogP contribution in [0.15, 0.2) is 54.6 Å². The summed E-state index contributed by atoms with van der Waals surface area (Å²) in [6.45, 7) is 0.444. The normalized spacial score (nSPS) is 16.0. The average molecular weight is 436 g/mol. The maximum Gasteiger partial charge on any atom is 0.188 e. The zero-order valence-electron chi connectivity index (χ0n) is 14.9. The van der Waals surface area contributed by atoms with Gasteiger partial charge in [0, 0.05) is 23.2 Å². The minimum Gasteiger partial charge on any atom is -0.497 e. The number of aliphatic hydroxyl groups is 1. The second-order valence-electron chi connectivity index (χ2n) is 6.35. The molecule has 1 aliphatic heterocycles. The summed E-state index contributed by atoms with van der Waals surface area (Å²) in [5, 5.41) is 15.3. The molecule has 4 nitrogen and oxygen atoms in total. The molecule has 0 fully saturated rings. The predicted molar refractivity (Wildman–Crippen MR) is 115 cm³/mol. The Morgan fingerprint density at radius 3 is 2.32 bits per heavy atom. The Morgan fingerprint density at radius 2 is 1.64 bits per heavy atom. The van der Waals surface area contributed by atoms with Crippen molar-refractivity contribution in [3.05, 3.63) is 75.2 Å². The fourth-order valence-corrected chi connectivity index (χ4v) is 4.26. The highest BCUT2D eigenvalue weighted by atomic mass is 35.5. The van der Waals surface area contributed by atoms with Crippen molar-refractivity contribution in [2.24, 2.45) is 0 Å². The molecule has 28 heavy (non-hydrogen) atoms. The molecule has 3 aromatic rings. The first-order chi connectivity index (χ1) is 13.5. The number of aliphatic hydroxyl groups excluding tert-OH is 1. The molecule has 1 aliphatic rings. The van der Waals surface area contributed by atoms with Crippen LogP contribution in [0.25, 0.3) is 11.1 Å². The lowest BCUT2D eigenvalue weighted by Crippen LogP contribution is -2.47. The lowest BCUT2D eigenvalue weighted by molar-refractivity contribution is 0.135. The van der Waals surface area contributed by atoms with Gasteiger partial charge in [-0.2, -0.15) is 0 Å². The Hall–Kier alpha value is -1.95. The molecule has 0 bridgehead atoms. The number of fused-ring (bicyclic) bond motifs is 1. The molecule has 3 aromatic carbocycles. The Morgan fingerprint density at radius 1 is 0.964 bits per heavy atom. The minimum absolute atomic E-state index is 0.434. The molecule has 0 radical (unpaired) electrons. The van der Waals surface area contributed by atoms with Gasteiger partial charge in [-0.15, -0.1) is 0 Å². The van der Waals surface area contributed by atoms with Crippen molar-refractivity contribution in [1.82, 2.24) is 5.32 Å². The number of para-hydroxylation sites is 1. The number of rotatable bonds is 3. The monoisotopic (exact) mass is 434 g/mol. The van der Waals surface area contributed by atoms with Crippen LogP contribution in [0, 0.1) is 0 Å². The Balaban J connectivity index is 1.99. The number of hydrogen-bond acceptors (Lipinski definition) is 4. The van der Waals surface area contributed by atoms with Gasteiger partial charge >= 0.3 is 0 Å². The largest absolute Gasteiger partial charge is 0.497 e. The van der Waals surface area contributed by atoms with Gasteiger partial charge in [0.15, 0.2) is 6.35 Å². The number of ether oxygens (including phenoxy) is 1. The summed E-state index contributed by atoms with van der Waals surface area (Å²) in [7, 11) is 1.60. The summed E-state index contributed by atoms with van der Waals surface area (Å²) in [6.07, 6.45) is -1.00. The Kier molecular flexibility index (Phi) is 5.41. The van der Waals surface area contributed by atoms with Crippen molar-refractivity contribution < 1.29 is 9.84 Å². The molecule has 4 rings (SSSR count). The van der Waals surface area contributed by atoms with Gasteiger partial charge in [-0.1, -0.05) is 59.1 Å². The number of methoxy groups -OCH3 is 1. The van der Waals surface area contributed by atoms with Crippen LogP contribution in [-0.4, -0.2) is 18.6 Å². The molecule has 1 heterocycles. The number of hydrogen-bond donors (Lipinski definition) is 2. The number of benzene rings is 3. The van der Waals surface area contributed by atoms with E-state index in [1.54, 1.807) is 30.2 Å². The molecule has 0 amide bonds. The smallest absolute Gasteiger partial charge is 0.188 e. The van der Waals surface area contributed by atoms with Gasteiger partial charge in [0.25, 0.3) is 0 Å². The van der Waals surface area contributed by atoms with E-state index in [1.165, 1.54) is 0 Å². The molecule has 0 spiro atoms. The quantitative estimate of drug-likeness (QED) is 0.542. The van der Waals surface area contributed by atoms with E-state index in [2.05, 4.69) is 5.32 Å². The third-order valence-electron chi connectivity index (χ3n) is 4.74. The molecule has 2 N–H and O–H groups in total.